The van der Waals surface area contributed by atoms with Gasteiger partial charge in [-0.3, -0.25) is 9.59 Å². The Bertz CT molecular complexity index is 379. The van der Waals surface area contributed by atoms with E-state index in [2.05, 4.69) is 4.98 Å². The van der Waals surface area contributed by atoms with Crippen molar-refractivity contribution < 1.29 is 14.0 Å². The predicted octanol–water partition coefficient (Wildman–Crippen LogP) is 1.17. The van der Waals surface area contributed by atoms with Crippen molar-refractivity contribution in [3.63, 3.8) is 0 Å². The highest BCUT2D eigenvalue weighted by Gasteiger charge is 2.25. The molecule has 0 fully saturated rings. The van der Waals surface area contributed by atoms with E-state index in [1.165, 1.54) is 12.2 Å². The van der Waals surface area contributed by atoms with Crippen molar-refractivity contribution in [3.05, 3.63) is 29.5 Å². The van der Waals surface area contributed by atoms with E-state index in [0.717, 1.165) is 0 Å². The first-order valence-electron chi connectivity index (χ1n) is 3.99. The van der Waals surface area contributed by atoms with Gasteiger partial charge in [0.25, 0.3) is 0 Å². The molecule has 0 aromatic carbocycles. The van der Waals surface area contributed by atoms with Crippen LogP contribution in [-0.2, 0) is 6.42 Å². The molecular formula is C9H7NO3. The number of allylic oxidation sites excluding steroid dienone is 2. The number of aryl methyl sites for hydroxylation is 1. The van der Waals surface area contributed by atoms with E-state index in [9.17, 15) is 9.59 Å². The van der Waals surface area contributed by atoms with Crippen LogP contribution >= 0.6 is 0 Å². The number of carbonyl (C=O) groups excluding carboxylic acids is 2. The molecule has 0 aliphatic heterocycles. The fourth-order valence-electron chi connectivity index (χ4n) is 1.16. The number of ketones is 2. The van der Waals surface area contributed by atoms with E-state index < -0.39 is 0 Å². The number of oxazole rings is 1. The van der Waals surface area contributed by atoms with Gasteiger partial charge in [-0.15, -0.1) is 0 Å². The van der Waals surface area contributed by atoms with Crippen molar-refractivity contribution in [2.75, 3.05) is 0 Å². The number of hydrogen-bond acceptors (Lipinski definition) is 4. The van der Waals surface area contributed by atoms with Crippen LogP contribution in [0.2, 0.25) is 0 Å². The fourth-order valence-corrected chi connectivity index (χ4v) is 1.16. The summed E-state index contributed by atoms with van der Waals surface area (Å²) in [5.74, 6) is -0.0559. The summed E-state index contributed by atoms with van der Waals surface area (Å²) in [6, 6.07) is 0. The normalized spacial score (nSPS) is 14.8. The zero-order chi connectivity index (χ0) is 9.42. The molecule has 0 amide bonds. The fraction of sp³-hybridized carbons (Fsp3) is 0.222. The third-order valence-electron chi connectivity index (χ3n) is 1.82. The molecule has 1 aromatic rings. The summed E-state index contributed by atoms with van der Waals surface area (Å²) in [5.41, 5.74) is 0.143. The molecule has 4 heteroatoms. The van der Waals surface area contributed by atoms with Gasteiger partial charge in [-0.25, -0.2) is 4.98 Å². The van der Waals surface area contributed by atoms with Crippen molar-refractivity contribution in [1.82, 2.24) is 4.98 Å². The van der Waals surface area contributed by atoms with Gasteiger partial charge in [0, 0.05) is 6.42 Å². The molecule has 0 unspecified atom stereocenters. The van der Waals surface area contributed by atoms with E-state index in [4.69, 9.17) is 4.42 Å². The molecule has 1 aromatic heterocycles. The van der Waals surface area contributed by atoms with Crippen LogP contribution in [0.25, 0.3) is 0 Å². The second kappa shape index (κ2) is 2.65. The van der Waals surface area contributed by atoms with E-state index in [1.807, 2.05) is 6.92 Å². The summed E-state index contributed by atoms with van der Waals surface area (Å²) >= 11 is 0. The molecule has 0 N–H and O–H groups in total. The number of hydrogen-bond donors (Lipinski definition) is 0. The molecule has 4 nitrogen and oxygen atoms in total. The molecule has 0 radical (unpaired) electrons. The van der Waals surface area contributed by atoms with Crippen LogP contribution in [0.5, 0.6) is 0 Å². The van der Waals surface area contributed by atoms with E-state index in [0.29, 0.717) is 12.3 Å². The molecule has 1 aliphatic carbocycles. The second-order valence-corrected chi connectivity index (χ2v) is 2.70. The predicted molar refractivity (Wildman–Crippen MR) is 43.7 cm³/mol. The van der Waals surface area contributed by atoms with Gasteiger partial charge in [-0.1, -0.05) is 6.92 Å². The first-order chi connectivity index (χ1) is 6.22. The molecule has 0 saturated carbocycles. The van der Waals surface area contributed by atoms with E-state index >= 15 is 0 Å². The van der Waals surface area contributed by atoms with Gasteiger partial charge in [0.2, 0.25) is 17.3 Å². The Labute approximate surface area is 74.3 Å². The standard InChI is InChI=1S/C9H7NO3/c1-2-7-10-8-5(11)3-4-6(12)9(8)13-7/h3-4H,2H2,1H3. The van der Waals surface area contributed by atoms with Gasteiger partial charge in [-0.2, -0.15) is 0 Å². The highest BCUT2D eigenvalue weighted by molar-refractivity contribution is 6.19. The van der Waals surface area contributed by atoms with E-state index in [-0.39, 0.29) is 23.0 Å². The Morgan fingerprint density at radius 2 is 2.00 bits per heavy atom. The molecule has 13 heavy (non-hydrogen) atoms. The molecule has 0 bridgehead atoms. The zero-order valence-electron chi connectivity index (χ0n) is 7.03. The van der Waals surface area contributed by atoms with Crippen LogP contribution in [0.15, 0.2) is 16.6 Å². The average Bonchev–Trinajstić information content (AvgIpc) is 2.56. The van der Waals surface area contributed by atoms with Gasteiger partial charge in [0.1, 0.15) is 0 Å². The van der Waals surface area contributed by atoms with Gasteiger partial charge < -0.3 is 4.42 Å². The van der Waals surface area contributed by atoms with Crippen LogP contribution in [0.3, 0.4) is 0 Å². The van der Waals surface area contributed by atoms with Crippen LogP contribution in [0, 0.1) is 0 Å². The smallest absolute Gasteiger partial charge is 0.223 e. The number of rotatable bonds is 1. The molecule has 1 heterocycles. The Hall–Kier alpha value is -1.71. The maximum Gasteiger partial charge on any atom is 0.223 e. The second-order valence-electron chi connectivity index (χ2n) is 2.70. The quantitative estimate of drug-likeness (QED) is 0.646. The lowest BCUT2D eigenvalue weighted by Crippen LogP contribution is -2.09. The third-order valence-corrected chi connectivity index (χ3v) is 1.82. The highest BCUT2D eigenvalue weighted by atomic mass is 16.4. The summed E-state index contributed by atoms with van der Waals surface area (Å²) in [5, 5.41) is 0. The number of carbonyl (C=O) groups is 2. The minimum absolute atomic E-state index is 0.0735. The molecule has 0 spiro atoms. The van der Waals surface area contributed by atoms with Crippen LogP contribution in [0.1, 0.15) is 33.9 Å². The Morgan fingerprint density at radius 1 is 1.31 bits per heavy atom. The highest BCUT2D eigenvalue weighted by Crippen LogP contribution is 2.17. The van der Waals surface area contributed by atoms with Gasteiger partial charge in [0.15, 0.2) is 11.6 Å². The Morgan fingerprint density at radius 3 is 2.62 bits per heavy atom. The summed E-state index contributed by atoms with van der Waals surface area (Å²) in [6.07, 6.45) is 3.00. The maximum absolute atomic E-state index is 11.2. The van der Waals surface area contributed by atoms with Crippen molar-refractivity contribution in [2.24, 2.45) is 0 Å². The lowest BCUT2D eigenvalue weighted by molar-refractivity contribution is 0.0973. The summed E-state index contributed by atoms with van der Waals surface area (Å²) in [7, 11) is 0. The van der Waals surface area contributed by atoms with Crippen molar-refractivity contribution in [3.8, 4) is 0 Å². The summed E-state index contributed by atoms with van der Waals surface area (Å²) in [4.78, 5) is 26.3. The number of nitrogens with zero attached hydrogens (tertiary/aromatic N) is 1. The molecule has 1 aliphatic rings. The monoisotopic (exact) mass is 177 g/mol. The zero-order valence-corrected chi connectivity index (χ0v) is 7.03. The van der Waals surface area contributed by atoms with Crippen LogP contribution in [-0.4, -0.2) is 16.6 Å². The van der Waals surface area contributed by atoms with Gasteiger partial charge in [0.05, 0.1) is 0 Å². The number of aromatic nitrogens is 1. The molecule has 0 saturated heterocycles. The van der Waals surface area contributed by atoms with E-state index in [1.54, 1.807) is 0 Å². The average molecular weight is 177 g/mol. The van der Waals surface area contributed by atoms with Crippen molar-refractivity contribution in [1.29, 1.82) is 0 Å². The first-order valence-corrected chi connectivity index (χ1v) is 3.99. The molecule has 2 rings (SSSR count). The molecular weight excluding hydrogens is 170 g/mol. The number of fused-ring (bicyclic) bond motifs is 1. The first kappa shape index (κ1) is 7.91. The van der Waals surface area contributed by atoms with Crippen LogP contribution < -0.4 is 0 Å². The molecule has 66 valence electrons. The van der Waals surface area contributed by atoms with Crippen molar-refractivity contribution in [2.45, 2.75) is 13.3 Å². The molecule has 0 atom stereocenters. The third kappa shape index (κ3) is 1.11. The largest absolute Gasteiger partial charge is 0.436 e. The SMILES string of the molecule is CCc1nc2c(o1)C(=O)C=CC2=O. The van der Waals surface area contributed by atoms with Gasteiger partial charge in [-0.05, 0) is 12.2 Å². The van der Waals surface area contributed by atoms with Crippen LogP contribution in [0.4, 0.5) is 0 Å². The minimum Gasteiger partial charge on any atom is -0.436 e. The minimum atomic E-state index is -0.290. The lowest BCUT2D eigenvalue weighted by Gasteiger charge is -1.96. The Kier molecular flexibility index (Phi) is 1.62. The summed E-state index contributed by atoms with van der Waals surface area (Å²) in [6.45, 7) is 1.85. The Balaban J connectivity index is 2.58. The van der Waals surface area contributed by atoms with Crippen molar-refractivity contribution >= 4 is 11.6 Å². The maximum atomic E-state index is 11.2. The topological polar surface area (TPSA) is 60.2 Å². The van der Waals surface area contributed by atoms with Gasteiger partial charge >= 0.3 is 0 Å². The lowest BCUT2D eigenvalue weighted by atomic mass is 10.1. The summed E-state index contributed by atoms with van der Waals surface area (Å²) < 4.78 is 5.11.